The maximum absolute atomic E-state index is 12.5. The molecule has 5 heteroatoms. The maximum Gasteiger partial charge on any atom is 0.227 e. The molecule has 1 aliphatic heterocycles. The topological polar surface area (TPSA) is 53.5 Å². The average molecular weight is 317 g/mol. The summed E-state index contributed by atoms with van der Waals surface area (Å²) >= 11 is 0. The minimum atomic E-state index is -0.0571. The summed E-state index contributed by atoms with van der Waals surface area (Å²) in [7, 11) is 1.87. The van der Waals surface area contributed by atoms with Gasteiger partial charge < -0.3 is 9.80 Å². The van der Waals surface area contributed by atoms with Crippen molar-refractivity contribution in [2.75, 3.05) is 26.7 Å². The van der Waals surface area contributed by atoms with Crippen LogP contribution < -0.4 is 0 Å². The molecule has 0 radical (unpaired) electrons. The van der Waals surface area contributed by atoms with Gasteiger partial charge in [0.1, 0.15) is 0 Å². The molecule has 0 bridgehead atoms. The molecule has 1 fully saturated rings. The Morgan fingerprint density at radius 1 is 1.43 bits per heavy atom. The van der Waals surface area contributed by atoms with Crippen molar-refractivity contribution >= 4 is 11.8 Å². The zero-order chi connectivity index (χ0) is 16.7. The Hall–Kier alpha value is -1.91. The highest BCUT2D eigenvalue weighted by Crippen LogP contribution is 2.20. The van der Waals surface area contributed by atoms with E-state index in [9.17, 15) is 9.59 Å². The Bertz CT molecular complexity index is 518. The van der Waals surface area contributed by atoms with E-state index in [0.717, 1.165) is 31.5 Å². The van der Waals surface area contributed by atoms with Crippen LogP contribution >= 0.6 is 0 Å². The summed E-state index contributed by atoms with van der Waals surface area (Å²) in [6.07, 6.45) is 5.75. The Balaban J connectivity index is 1.88. The molecule has 0 aliphatic carbocycles. The number of pyridine rings is 1. The average Bonchev–Trinajstić information content (AvgIpc) is 2.59. The van der Waals surface area contributed by atoms with Gasteiger partial charge >= 0.3 is 0 Å². The Morgan fingerprint density at radius 2 is 2.26 bits per heavy atom. The number of hydrogen-bond acceptors (Lipinski definition) is 3. The summed E-state index contributed by atoms with van der Waals surface area (Å²) in [6.45, 7) is 4.10. The fraction of sp³-hybridized carbons (Fsp3) is 0.611. The van der Waals surface area contributed by atoms with Gasteiger partial charge in [-0.1, -0.05) is 19.4 Å². The molecule has 1 aromatic heterocycles. The molecule has 0 saturated carbocycles. The van der Waals surface area contributed by atoms with E-state index in [1.807, 2.05) is 35.0 Å². The summed E-state index contributed by atoms with van der Waals surface area (Å²) < 4.78 is 0. The fourth-order valence-electron chi connectivity index (χ4n) is 2.95. The van der Waals surface area contributed by atoms with Crippen molar-refractivity contribution < 1.29 is 9.59 Å². The molecule has 0 spiro atoms. The van der Waals surface area contributed by atoms with Crippen LogP contribution in [0.5, 0.6) is 0 Å². The second-order valence-corrected chi connectivity index (χ2v) is 6.26. The van der Waals surface area contributed by atoms with Crippen LogP contribution in [0, 0.1) is 5.92 Å². The van der Waals surface area contributed by atoms with Crippen LogP contribution in [0.3, 0.4) is 0 Å². The van der Waals surface area contributed by atoms with Gasteiger partial charge in [0.05, 0.1) is 5.92 Å². The van der Waals surface area contributed by atoms with Gasteiger partial charge in [0.25, 0.3) is 0 Å². The molecule has 1 unspecified atom stereocenters. The first-order valence-corrected chi connectivity index (χ1v) is 8.54. The van der Waals surface area contributed by atoms with Gasteiger partial charge in [0, 0.05) is 51.4 Å². The molecule has 2 rings (SSSR count). The molecule has 1 saturated heterocycles. The largest absolute Gasteiger partial charge is 0.345 e. The minimum Gasteiger partial charge on any atom is -0.345 e. The number of amides is 2. The number of nitrogens with zero attached hydrogens (tertiary/aromatic N) is 3. The van der Waals surface area contributed by atoms with E-state index in [-0.39, 0.29) is 17.7 Å². The third-order valence-corrected chi connectivity index (χ3v) is 4.44. The van der Waals surface area contributed by atoms with Crippen LogP contribution in [0.15, 0.2) is 24.4 Å². The van der Waals surface area contributed by atoms with Crippen molar-refractivity contribution in [1.82, 2.24) is 14.8 Å². The third kappa shape index (κ3) is 5.05. The van der Waals surface area contributed by atoms with E-state index in [0.29, 0.717) is 25.9 Å². The number of unbranched alkanes of at least 4 members (excludes halogenated alkanes) is 1. The van der Waals surface area contributed by atoms with E-state index >= 15 is 0 Å². The van der Waals surface area contributed by atoms with Crippen molar-refractivity contribution in [2.45, 2.75) is 39.0 Å². The number of rotatable bonds is 7. The molecule has 1 aromatic rings. The number of hydrogen-bond donors (Lipinski definition) is 0. The third-order valence-electron chi connectivity index (χ3n) is 4.44. The summed E-state index contributed by atoms with van der Waals surface area (Å²) in [5.41, 5.74) is 0.980. The number of aromatic nitrogens is 1. The van der Waals surface area contributed by atoms with E-state index in [1.165, 1.54) is 0 Å². The van der Waals surface area contributed by atoms with Crippen LogP contribution in [0.2, 0.25) is 0 Å². The molecule has 23 heavy (non-hydrogen) atoms. The van der Waals surface area contributed by atoms with Gasteiger partial charge in [-0.3, -0.25) is 14.6 Å². The molecular formula is C18H27N3O2. The molecule has 2 amide bonds. The second-order valence-electron chi connectivity index (χ2n) is 6.26. The van der Waals surface area contributed by atoms with Gasteiger partial charge in [0.2, 0.25) is 11.8 Å². The van der Waals surface area contributed by atoms with Gasteiger partial charge in [-0.15, -0.1) is 0 Å². The molecule has 1 aliphatic rings. The van der Waals surface area contributed by atoms with Crippen molar-refractivity contribution in [3.05, 3.63) is 30.1 Å². The zero-order valence-corrected chi connectivity index (χ0v) is 14.2. The van der Waals surface area contributed by atoms with E-state index < -0.39 is 0 Å². The quantitative estimate of drug-likeness (QED) is 0.774. The first-order valence-electron chi connectivity index (χ1n) is 8.54. The molecule has 126 valence electrons. The van der Waals surface area contributed by atoms with Crippen molar-refractivity contribution in [3.63, 3.8) is 0 Å². The highest BCUT2D eigenvalue weighted by atomic mass is 16.2. The van der Waals surface area contributed by atoms with Crippen molar-refractivity contribution in [3.8, 4) is 0 Å². The maximum atomic E-state index is 12.5. The van der Waals surface area contributed by atoms with Gasteiger partial charge in [-0.05, 0) is 25.0 Å². The number of carbonyl (C=O) groups excluding carboxylic acids is 2. The Morgan fingerprint density at radius 3 is 2.96 bits per heavy atom. The molecule has 2 heterocycles. The normalized spacial score (nSPS) is 18.1. The molecule has 1 atom stereocenters. The zero-order valence-electron chi connectivity index (χ0n) is 14.2. The van der Waals surface area contributed by atoms with Crippen LogP contribution in [0.25, 0.3) is 0 Å². The lowest BCUT2D eigenvalue weighted by molar-refractivity contribution is -0.142. The highest BCUT2D eigenvalue weighted by molar-refractivity contribution is 5.83. The van der Waals surface area contributed by atoms with Crippen LogP contribution in [-0.4, -0.2) is 53.3 Å². The lowest BCUT2D eigenvalue weighted by atomic mass is 9.95. The van der Waals surface area contributed by atoms with Crippen LogP contribution in [0.4, 0.5) is 0 Å². The highest BCUT2D eigenvalue weighted by Gasteiger charge is 2.31. The molecular weight excluding hydrogens is 290 g/mol. The lowest BCUT2D eigenvalue weighted by Crippen LogP contribution is -2.47. The van der Waals surface area contributed by atoms with Crippen molar-refractivity contribution in [2.24, 2.45) is 5.92 Å². The molecule has 0 aromatic carbocycles. The van der Waals surface area contributed by atoms with Crippen molar-refractivity contribution in [1.29, 1.82) is 0 Å². The summed E-state index contributed by atoms with van der Waals surface area (Å²) in [5, 5.41) is 0. The minimum absolute atomic E-state index is 0.0571. The van der Waals surface area contributed by atoms with E-state index in [1.54, 1.807) is 6.20 Å². The first-order chi connectivity index (χ1) is 11.1. The van der Waals surface area contributed by atoms with Gasteiger partial charge in [-0.2, -0.15) is 0 Å². The predicted molar refractivity (Wildman–Crippen MR) is 89.8 cm³/mol. The number of carbonyl (C=O) groups is 2. The van der Waals surface area contributed by atoms with Crippen LogP contribution in [-0.2, 0) is 16.0 Å². The van der Waals surface area contributed by atoms with E-state index in [4.69, 9.17) is 0 Å². The van der Waals surface area contributed by atoms with E-state index in [2.05, 4.69) is 11.9 Å². The Kier molecular flexibility index (Phi) is 6.56. The second kappa shape index (κ2) is 8.65. The summed E-state index contributed by atoms with van der Waals surface area (Å²) in [5.74, 6) is 0.272. The predicted octanol–water partition coefficient (Wildman–Crippen LogP) is 2.12. The Labute approximate surface area is 138 Å². The SMILES string of the molecule is CCCCN(C)C(=O)C1CCC(=O)N(CCc2ccccn2)C1. The smallest absolute Gasteiger partial charge is 0.227 e. The summed E-state index contributed by atoms with van der Waals surface area (Å²) in [6, 6.07) is 5.81. The van der Waals surface area contributed by atoms with Gasteiger partial charge in [-0.25, -0.2) is 0 Å². The monoisotopic (exact) mass is 317 g/mol. The number of likely N-dealkylation sites (tertiary alicyclic amines) is 1. The molecule has 5 nitrogen and oxygen atoms in total. The number of piperidine rings is 1. The fourth-order valence-corrected chi connectivity index (χ4v) is 2.95. The molecule has 0 N–H and O–H groups in total. The standard InChI is InChI=1S/C18H27N3O2/c1-3-4-12-20(2)18(23)15-8-9-17(22)21(14-15)13-10-16-7-5-6-11-19-16/h5-7,11,15H,3-4,8-10,12-14H2,1-2H3. The first kappa shape index (κ1) is 17.4. The lowest BCUT2D eigenvalue weighted by Gasteiger charge is -2.33. The van der Waals surface area contributed by atoms with Crippen LogP contribution in [0.1, 0.15) is 38.3 Å². The van der Waals surface area contributed by atoms with Gasteiger partial charge in [0.15, 0.2) is 0 Å². The summed E-state index contributed by atoms with van der Waals surface area (Å²) in [4.78, 5) is 32.6.